The molecule has 3 N–H and O–H groups in total. The normalized spacial score (nSPS) is 16.8. The molecule has 0 spiro atoms. The molecule has 1 heterocycles. The number of piperidine rings is 1. The maximum Gasteiger partial charge on any atom is 0.337 e. The third kappa shape index (κ3) is 2.97. The van der Waals surface area contributed by atoms with Crippen LogP contribution < -0.4 is 10.6 Å². The van der Waals surface area contributed by atoms with Crippen LogP contribution in [-0.4, -0.2) is 30.2 Å². The molecule has 92 valence electrons. The van der Waals surface area contributed by atoms with E-state index in [-0.39, 0.29) is 0 Å². The van der Waals surface area contributed by atoms with E-state index in [1.165, 1.54) is 0 Å². The Morgan fingerprint density at radius 1 is 1.41 bits per heavy atom. The Balaban J connectivity index is 2.16. The predicted molar refractivity (Wildman–Crippen MR) is 67.7 cm³/mol. The van der Waals surface area contributed by atoms with E-state index < -0.39 is 5.97 Å². The molecule has 1 aromatic carbocycles. The van der Waals surface area contributed by atoms with Gasteiger partial charge in [0.25, 0.3) is 0 Å². The molecule has 0 bridgehead atoms. The highest BCUT2D eigenvalue weighted by Crippen LogP contribution is 2.20. The second kappa shape index (κ2) is 5.19. The highest BCUT2D eigenvalue weighted by atomic mass is 16.4. The minimum Gasteiger partial charge on any atom is -0.478 e. The number of rotatable bonds is 3. The zero-order chi connectivity index (χ0) is 12.3. The van der Waals surface area contributed by atoms with Crippen molar-refractivity contribution in [2.45, 2.75) is 25.8 Å². The number of carboxylic acids is 1. The second-order valence-electron chi connectivity index (χ2n) is 4.52. The number of benzene rings is 1. The zero-order valence-electron chi connectivity index (χ0n) is 9.99. The summed E-state index contributed by atoms with van der Waals surface area (Å²) in [7, 11) is 0. The third-order valence-corrected chi connectivity index (χ3v) is 3.10. The molecule has 1 saturated heterocycles. The van der Waals surface area contributed by atoms with Gasteiger partial charge in [-0.05, 0) is 45.0 Å². The molecule has 17 heavy (non-hydrogen) atoms. The van der Waals surface area contributed by atoms with Gasteiger partial charge in [0.1, 0.15) is 0 Å². The number of aryl methyl sites for hydroxylation is 1. The van der Waals surface area contributed by atoms with Crippen LogP contribution in [0.3, 0.4) is 0 Å². The highest BCUT2D eigenvalue weighted by molar-refractivity contribution is 5.94. The fraction of sp³-hybridized carbons (Fsp3) is 0.462. The molecule has 0 radical (unpaired) electrons. The van der Waals surface area contributed by atoms with Crippen LogP contribution in [0.1, 0.15) is 28.8 Å². The zero-order valence-corrected chi connectivity index (χ0v) is 9.99. The number of hydrogen-bond acceptors (Lipinski definition) is 3. The van der Waals surface area contributed by atoms with Crippen LogP contribution in [-0.2, 0) is 0 Å². The van der Waals surface area contributed by atoms with Crippen LogP contribution in [0.15, 0.2) is 18.2 Å². The van der Waals surface area contributed by atoms with Crippen LogP contribution in [0.2, 0.25) is 0 Å². The molecule has 0 atom stereocenters. The van der Waals surface area contributed by atoms with Crippen molar-refractivity contribution in [3.63, 3.8) is 0 Å². The molecule has 1 aliphatic rings. The number of anilines is 1. The lowest BCUT2D eigenvalue weighted by molar-refractivity contribution is 0.0698. The maximum absolute atomic E-state index is 11.2. The molecule has 0 aliphatic carbocycles. The van der Waals surface area contributed by atoms with Gasteiger partial charge in [0.2, 0.25) is 0 Å². The van der Waals surface area contributed by atoms with E-state index in [1.54, 1.807) is 6.07 Å². The van der Waals surface area contributed by atoms with Gasteiger partial charge in [-0.15, -0.1) is 0 Å². The van der Waals surface area contributed by atoms with E-state index in [0.29, 0.717) is 11.6 Å². The van der Waals surface area contributed by atoms with Crippen molar-refractivity contribution in [2.75, 3.05) is 18.4 Å². The standard InChI is InChI=1S/C13H18N2O2/c1-9-2-3-12(11(8-9)13(16)17)15-10-4-6-14-7-5-10/h2-3,8,10,14-15H,4-7H2,1H3,(H,16,17). The first-order chi connectivity index (χ1) is 8.16. The largest absolute Gasteiger partial charge is 0.478 e. The van der Waals surface area contributed by atoms with Crippen molar-refractivity contribution < 1.29 is 9.90 Å². The van der Waals surface area contributed by atoms with Gasteiger partial charge in [0, 0.05) is 11.7 Å². The van der Waals surface area contributed by atoms with Gasteiger partial charge in [-0.3, -0.25) is 0 Å². The van der Waals surface area contributed by atoms with Gasteiger partial charge in [0.15, 0.2) is 0 Å². The molecule has 2 rings (SSSR count). The molecular weight excluding hydrogens is 216 g/mol. The Morgan fingerprint density at radius 2 is 2.12 bits per heavy atom. The summed E-state index contributed by atoms with van der Waals surface area (Å²) >= 11 is 0. The fourth-order valence-corrected chi connectivity index (χ4v) is 2.15. The topological polar surface area (TPSA) is 61.4 Å². The summed E-state index contributed by atoms with van der Waals surface area (Å²) in [5.74, 6) is -0.870. The van der Waals surface area contributed by atoms with Crippen molar-refractivity contribution >= 4 is 11.7 Å². The SMILES string of the molecule is Cc1ccc(NC2CCNCC2)c(C(=O)O)c1. The van der Waals surface area contributed by atoms with E-state index in [9.17, 15) is 4.79 Å². The molecule has 1 aliphatic heterocycles. The van der Waals surface area contributed by atoms with E-state index in [2.05, 4.69) is 10.6 Å². The summed E-state index contributed by atoms with van der Waals surface area (Å²) in [4.78, 5) is 11.2. The van der Waals surface area contributed by atoms with Crippen LogP contribution in [0.25, 0.3) is 0 Å². The van der Waals surface area contributed by atoms with E-state index >= 15 is 0 Å². The summed E-state index contributed by atoms with van der Waals surface area (Å²) in [6.07, 6.45) is 2.07. The lowest BCUT2D eigenvalue weighted by atomic mass is 10.0. The first-order valence-corrected chi connectivity index (χ1v) is 5.98. The number of nitrogens with one attached hydrogen (secondary N) is 2. The summed E-state index contributed by atoms with van der Waals surface area (Å²) in [5.41, 5.74) is 2.07. The van der Waals surface area contributed by atoms with E-state index in [4.69, 9.17) is 5.11 Å². The van der Waals surface area contributed by atoms with Crippen LogP contribution in [0.4, 0.5) is 5.69 Å². The van der Waals surface area contributed by atoms with Gasteiger partial charge >= 0.3 is 5.97 Å². The highest BCUT2D eigenvalue weighted by Gasteiger charge is 2.16. The van der Waals surface area contributed by atoms with Crippen molar-refractivity contribution in [3.05, 3.63) is 29.3 Å². The lowest BCUT2D eigenvalue weighted by Gasteiger charge is -2.25. The summed E-state index contributed by atoms with van der Waals surface area (Å²) in [5, 5.41) is 15.8. The van der Waals surface area contributed by atoms with Gasteiger partial charge in [0.05, 0.1) is 5.56 Å². The first-order valence-electron chi connectivity index (χ1n) is 5.98. The lowest BCUT2D eigenvalue weighted by Crippen LogP contribution is -2.35. The van der Waals surface area contributed by atoms with Crippen molar-refractivity contribution in [1.29, 1.82) is 0 Å². The van der Waals surface area contributed by atoms with Gasteiger partial charge in [-0.25, -0.2) is 4.79 Å². The Labute approximate surface area is 101 Å². The average Bonchev–Trinajstić information content (AvgIpc) is 2.32. The Kier molecular flexibility index (Phi) is 3.64. The predicted octanol–water partition coefficient (Wildman–Crippen LogP) is 1.86. The molecule has 1 fully saturated rings. The number of carbonyl (C=O) groups is 1. The van der Waals surface area contributed by atoms with Crippen LogP contribution >= 0.6 is 0 Å². The Bertz CT molecular complexity index is 412. The summed E-state index contributed by atoms with van der Waals surface area (Å²) < 4.78 is 0. The second-order valence-corrected chi connectivity index (χ2v) is 4.52. The smallest absolute Gasteiger partial charge is 0.337 e. The molecule has 0 saturated carbocycles. The monoisotopic (exact) mass is 234 g/mol. The van der Waals surface area contributed by atoms with Crippen LogP contribution in [0.5, 0.6) is 0 Å². The molecule has 0 aromatic heterocycles. The summed E-state index contributed by atoms with van der Waals surface area (Å²) in [6.45, 7) is 3.89. The summed E-state index contributed by atoms with van der Waals surface area (Å²) in [6, 6.07) is 5.89. The van der Waals surface area contributed by atoms with E-state index in [1.807, 2.05) is 19.1 Å². The third-order valence-electron chi connectivity index (χ3n) is 3.10. The van der Waals surface area contributed by atoms with Crippen molar-refractivity contribution in [2.24, 2.45) is 0 Å². The van der Waals surface area contributed by atoms with Crippen LogP contribution in [0, 0.1) is 6.92 Å². The number of aromatic carboxylic acids is 1. The van der Waals surface area contributed by atoms with Gasteiger partial charge in [-0.2, -0.15) is 0 Å². The maximum atomic E-state index is 11.2. The van der Waals surface area contributed by atoms with E-state index in [0.717, 1.165) is 37.2 Å². The Morgan fingerprint density at radius 3 is 2.76 bits per heavy atom. The molecule has 1 aromatic rings. The fourth-order valence-electron chi connectivity index (χ4n) is 2.15. The van der Waals surface area contributed by atoms with Gasteiger partial charge < -0.3 is 15.7 Å². The number of hydrogen-bond donors (Lipinski definition) is 3. The minimum absolute atomic E-state index is 0.364. The van der Waals surface area contributed by atoms with Crippen molar-refractivity contribution in [1.82, 2.24) is 5.32 Å². The molecule has 0 unspecified atom stereocenters. The molecule has 0 amide bonds. The quantitative estimate of drug-likeness (QED) is 0.747. The van der Waals surface area contributed by atoms with Gasteiger partial charge in [-0.1, -0.05) is 11.6 Å². The average molecular weight is 234 g/mol. The molecule has 4 nitrogen and oxygen atoms in total. The first kappa shape index (κ1) is 11.9. The molecule has 4 heteroatoms. The molecular formula is C13H18N2O2. The van der Waals surface area contributed by atoms with Crippen molar-refractivity contribution in [3.8, 4) is 0 Å². The number of carboxylic acid groups (broad SMARTS) is 1. The Hall–Kier alpha value is -1.55. The minimum atomic E-state index is -0.870.